The van der Waals surface area contributed by atoms with Gasteiger partial charge in [0, 0.05) is 16.6 Å². The predicted molar refractivity (Wildman–Crippen MR) is 74.4 cm³/mol. The van der Waals surface area contributed by atoms with E-state index >= 15 is 0 Å². The second kappa shape index (κ2) is 4.80. The van der Waals surface area contributed by atoms with Crippen molar-refractivity contribution in [2.75, 3.05) is 6.61 Å². The highest BCUT2D eigenvalue weighted by Crippen LogP contribution is 2.23. The summed E-state index contributed by atoms with van der Waals surface area (Å²) in [5, 5.41) is 7.74. The largest absolute Gasteiger partial charge is 0.461 e. The smallest absolute Gasteiger partial charge is 0.354 e. The number of H-pyrrole nitrogens is 2. The highest BCUT2D eigenvalue weighted by molar-refractivity contribution is 5.94. The molecule has 3 rings (SSSR count). The van der Waals surface area contributed by atoms with Crippen molar-refractivity contribution in [3.63, 3.8) is 0 Å². The summed E-state index contributed by atoms with van der Waals surface area (Å²) in [4.78, 5) is 19.2. The van der Waals surface area contributed by atoms with Gasteiger partial charge in [-0.25, -0.2) is 9.78 Å². The molecule has 0 bridgehead atoms. The molecule has 3 aromatic rings. The van der Waals surface area contributed by atoms with Crippen LogP contribution in [0.25, 0.3) is 22.3 Å². The van der Waals surface area contributed by atoms with Gasteiger partial charge in [-0.15, -0.1) is 0 Å². The molecule has 0 aliphatic heterocycles. The van der Waals surface area contributed by atoms with Crippen molar-refractivity contribution in [3.05, 3.63) is 35.8 Å². The number of fused-ring (bicyclic) bond motifs is 1. The van der Waals surface area contributed by atoms with Crippen molar-refractivity contribution < 1.29 is 9.53 Å². The summed E-state index contributed by atoms with van der Waals surface area (Å²) < 4.78 is 4.97. The number of hydrogen-bond acceptors (Lipinski definition) is 4. The second-order valence-electron chi connectivity index (χ2n) is 4.45. The van der Waals surface area contributed by atoms with Gasteiger partial charge in [0.2, 0.25) is 0 Å². The fraction of sp³-hybridized carbons (Fsp3) is 0.214. The number of esters is 1. The Labute approximate surface area is 115 Å². The van der Waals surface area contributed by atoms with E-state index in [9.17, 15) is 4.79 Å². The Bertz CT molecular complexity index is 772. The number of aromatic nitrogens is 4. The first-order valence-electron chi connectivity index (χ1n) is 6.36. The van der Waals surface area contributed by atoms with Crippen LogP contribution in [-0.4, -0.2) is 32.7 Å². The van der Waals surface area contributed by atoms with E-state index in [-0.39, 0.29) is 5.97 Å². The number of carbonyl (C=O) groups excluding carboxylic acids is 1. The van der Waals surface area contributed by atoms with Crippen LogP contribution < -0.4 is 0 Å². The Hall–Kier alpha value is -2.63. The standard InChI is InChI=1S/C14H14N4O2/c1-3-20-14(19)12-6-9-4-5-11(16-13(9)17-12)10-7-15-18-8(10)2/h4-7H,3H2,1-2H3,(H,15,18)(H,16,17). The van der Waals surface area contributed by atoms with Crippen LogP contribution in [-0.2, 0) is 4.74 Å². The van der Waals surface area contributed by atoms with Gasteiger partial charge >= 0.3 is 5.97 Å². The monoisotopic (exact) mass is 270 g/mol. The number of rotatable bonds is 3. The summed E-state index contributed by atoms with van der Waals surface area (Å²) in [6, 6.07) is 5.57. The lowest BCUT2D eigenvalue weighted by Crippen LogP contribution is -2.04. The molecule has 0 saturated heterocycles. The van der Waals surface area contributed by atoms with Crippen LogP contribution in [0.4, 0.5) is 0 Å². The molecule has 0 radical (unpaired) electrons. The zero-order valence-corrected chi connectivity index (χ0v) is 11.2. The third-order valence-corrected chi connectivity index (χ3v) is 3.08. The predicted octanol–water partition coefficient (Wildman–Crippen LogP) is 2.44. The molecule has 0 unspecified atom stereocenters. The summed E-state index contributed by atoms with van der Waals surface area (Å²) in [6.07, 6.45) is 1.73. The fourth-order valence-electron chi connectivity index (χ4n) is 2.08. The van der Waals surface area contributed by atoms with Crippen molar-refractivity contribution in [2.45, 2.75) is 13.8 Å². The zero-order chi connectivity index (χ0) is 14.1. The van der Waals surface area contributed by atoms with Crippen LogP contribution in [0, 0.1) is 6.92 Å². The molecular formula is C14H14N4O2. The first-order valence-corrected chi connectivity index (χ1v) is 6.36. The van der Waals surface area contributed by atoms with E-state index < -0.39 is 0 Å². The molecule has 6 heteroatoms. The number of aromatic amines is 2. The quantitative estimate of drug-likeness (QED) is 0.716. The molecule has 0 amide bonds. The number of carbonyl (C=O) groups is 1. The zero-order valence-electron chi connectivity index (χ0n) is 11.2. The van der Waals surface area contributed by atoms with Crippen LogP contribution in [0.15, 0.2) is 24.4 Å². The maximum absolute atomic E-state index is 11.7. The summed E-state index contributed by atoms with van der Waals surface area (Å²) in [7, 11) is 0. The van der Waals surface area contributed by atoms with Gasteiger partial charge in [0.25, 0.3) is 0 Å². The van der Waals surface area contributed by atoms with Crippen molar-refractivity contribution in [3.8, 4) is 11.3 Å². The molecule has 6 nitrogen and oxygen atoms in total. The van der Waals surface area contributed by atoms with Crippen LogP contribution in [0.5, 0.6) is 0 Å². The van der Waals surface area contributed by atoms with E-state index in [1.54, 1.807) is 19.2 Å². The lowest BCUT2D eigenvalue weighted by Gasteiger charge is -1.98. The van der Waals surface area contributed by atoms with Crippen molar-refractivity contribution >= 4 is 17.0 Å². The minimum Gasteiger partial charge on any atom is -0.461 e. The summed E-state index contributed by atoms with van der Waals surface area (Å²) >= 11 is 0. The molecule has 0 spiro atoms. The molecule has 0 aromatic carbocycles. The molecule has 0 fully saturated rings. The van der Waals surface area contributed by atoms with E-state index in [1.807, 2.05) is 19.1 Å². The number of ether oxygens (including phenoxy) is 1. The molecule has 102 valence electrons. The Kier molecular flexibility index (Phi) is 2.98. The summed E-state index contributed by atoms with van der Waals surface area (Å²) in [5.41, 5.74) is 3.77. The fourth-order valence-corrected chi connectivity index (χ4v) is 2.08. The van der Waals surface area contributed by atoms with E-state index in [0.29, 0.717) is 17.9 Å². The first-order chi connectivity index (χ1) is 9.69. The van der Waals surface area contributed by atoms with Gasteiger partial charge in [-0.05, 0) is 32.0 Å². The number of nitrogens with one attached hydrogen (secondary N) is 2. The van der Waals surface area contributed by atoms with Crippen LogP contribution in [0.2, 0.25) is 0 Å². The number of pyridine rings is 1. The molecule has 0 atom stereocenters. The highest BCUT2D eigenvalue weighted by atomic mass is 16.5. The average molecular weight is 270 g/mol. The molecule has 2 N–H and O–H groups in total. The maximum atomic E-state index is 11.7. The Morgan fingerprint density at radius 2 is 2.25 bits per heavy atom. The molecular weight excluding hydrogens is 256 g/mol. The third kappa shape index (κ3) is 2.05. The van der Waals surface area contributed by atoms with Gasteiger partial charge < -0.3 is 9.72 Å². The van der Waals surface area contributed by atoms with Gasteiger partial charge in [0.1, 0.15) is 11.3 Å². The first kappa shape index (κ1) is 12.4. The number of aryl methyl sites for hydroxylation is 1. The third-order valence-electron chi connectivity index (χ3n) is 3.08. The molecule has 0 saturated carbocycles. The lowest BCUT2D eigenvalue weighted by molar-refractivity contribution is 0.0520. The van der Waals surface area contributed by atoms with E-state index in [0.717, 1.165) is 22.3 Å². The maximum Gasteiger partial charge on any atom is 0.354 e. The molecule has 20 heavy (non-hydrogen) atoms. The van der Waals surface area contributed by atoms with Crippen LogP contribution >= 0.6 is 0 Å². The minimum absolute atomic E-state index is 0.348. The van der Waals surface area contributed by atoms with E-state index in [2.05, 4.69) is 20.2 Å². The van der Waals surface area contributed by atoms with Crippen molar-refractivity contribution in [1.82, 2.24) is 20.2 Å². The van der Waals surface area contributed by atoms with Crippen LogP contribution in [0.3, 0.4) is 0 Å². The summed E-state index contributed by atoms with van der Waals surface area (Å²) in [5.74, 6) is -0.369. The molecule has 3 heterocycles. The van der Waals surface area contributed by atoms with Gasteiger partial charge in [0.15, 0.2) is 0 Å². The second-order valence-corrected chi connectivity index (χ2v) is 4.45. The van der Waals surface area contributed by atoms with E-state index in [1.165, 1.54) is 0 Å². The van der Waals surface area contributed by atoms with E-state index in [4.69, 9.17) is 4.74 Å². The van der Waals surface area contributed by atoms with Crippen molar-refractivity contribution in [2.24, 2.45) is 0 Å². The topological polar surface area (TPSA) is 83.7 Å². The highest BCUT2D eigenvalue weighted by Gasteiger charge is 2.12. The average Bonchev–Trinajstić information content (AvgIpc) is 3.03. The molecule has 0 aliphatic rings. The number of hydrogen-bond donors (Lipinski definition) is 2. The Balaban J connectivity index is 2.04. The molecule has 0 aliphatic carbocycles. The molecule has 3 aromatic heterocycles. The minimum atomic E-state index is -0.369. The SMILES string of the molecule is CCOC(=O)c1cc2ccc(-c3cn[nH]c3C)nc2[nH]1. The van der Waals surface area contributed by atoms with Gasteiger partial charge in [-0.1, -0.05) is 0 Å². The lowest BCUT2D eigenvalue weighted by atomic mass is 10.1. The van der Waals surface area contributed by atoms with Gasteiger partial charge in [-0.3, -0.25) is 5.10 Å². The van der Waals surface area contributed by atoms with Gasteiger partial charge in [0.05, 0.1) is 18.5 Å². The summed E-state index contributed by atoms with van der Waals surface area (Å²) in [6.45, 7) is 4.06. The normalized spacial score (nSPS) is 10.9. The van der Waals surface area contributed by atoms with Crippen molar-refractivity contribution in [1.29, 1.82) is 0 Å². The van der Waals surface area contributed by atoms with Crippen LogP contribution in [0.1, 0.15) is 23.1 Å². The Morgan fingerprint density at radius 1 is 1.40 bits per heavy atom. The number of nitrogens with zero attached hydrogens (tertiary/aromatic N) is 2. The Morgan fingerprint density at radius 3 is 2.95 bits per heavy atom. The van der Waals surface area contributed by atoms with Gasteiger partial charge in [-0.2, -0.15) is 5.10 Å².